The molecule has 2 N–H and O–H groups in total. The van der Waals surface area contributed by atoms with Crippen molar-refractivity contribution in [3.05, 3.63) is 35.9 Å². The van der Waals surface area contributed by atoms with Gasteiger partial charge in [-0.1, -0.05) is 30.3 Å². The summed E-state index contributed by atoms with van der Waals surface area (Å²) in [5, 5.41) is 13.0. The zero-order valence-corrected chi connectivity index (χ0v) is 13.7. The fraction of sp³-hybridized carbons (Fsp3) is 0.588. The van der Waals surface area contributed by atoms with Gasteiger partial charge in [0.2, 0.25) is 0 Å². The molecule has 2 rings (SSSR count). The Bertz CT molecular complexity index is 463. The molecule has 1 heterocycles. The lowest BCUT2D eigenvalue weighted by Crippen LogP contribution is -2.41. The number of aliphatic imine (C=N–C) groups is 1. The summed E-state index contributed by atoms with van der Waals surface area (Å²) < 4.78 is 0. The van der Waals surface area contributed by atoms with Gasteiger partial charge in [0.15, 0.2) is 5.96 Å². The van der Waals surface area contributed by atoms with Gasteiger partial charge in [0.1, 0.15) is 0 Å². The lowest BCUT2D eigenvalue weighted by Gasteiger charge is -2.21. The van der Waals surface area contributed by atoms with Crippen LogP contribution in [0.4, 0.5) is 0 Å². The molecule has 0 radical (unpaired) electrons. The Morgan fingerprint density at radius 3 is 2.82 bits per heavy atom. The van der Waals surface area contributed by atoms with Gasteiger partial charge in [0.25, 0.3) is 0 Å². The van der Waals surface area contributed by atoms with Crippen molar-refractivity contribution in [3.63, 3.8) is 0 Å². The number of nitrogens with one attached hydrogen (secondary N) is 1. The van der Waals surface area contributed by atoms with Crippen molar-refractivity contribution in [2.75, 3.05) is 39.8 Å². The molecule has 122 valence electrons. The Balaban J connectivity index is 1.80. The van der Waals surface area contributed by atoms with Gasteiger partial charge in [0, 0.05) is 32.7 Å². The summed E-state index contributed by atoms with van der Waals surface area (Å²) in [5.41, 5.74) is 1.32. The molecule has 5 nitrogen and oxygen atoms in total. The van der Waals surface area contributed by atoms with Gasteiger partial charge >= 0.3 is 0 Å². The zero-order valence-electron chi connectivity index (χ0n) is 13.7. The van der Waals surface area contributed by atoms with Crippen LogP contribution in [0.5, 0.6) is 0 Å². The summed E-state index contributed by atoms with van der Waals surface area (Å²) in [6, 6.07) is 10.5. The molecule has 0 aromatic heterocycles. The van der Waals surface area contributed by atoms with Gasteiger partial charge < -0.3 is 20.2 Å². The number of aliphatic hydroxyl groups is 1. The number of β-amino-alcohol motifs (C(OH)–C–C–N with tert-alkyl or cyclic N) is 1. The molecule has 0 amide bonds. The third-order valence-electron chi connectivity index (χ3n) is 3.84. The molecule has 5 heteroatoms. The minimum Gasteiger partial charge on any atom is -0.391 e. The highest BCUT2D eigenvalue weighted by Crippen LogP contribution is 2.08. The maximum absolute atomic E-state index is 9.66. The second-order valence-electron chi connectivity index (χ2n) is 5.85. The quantitative estimate of drug-likeness (QED) is 0.611. The number of nitrogens with zero attached hydrogens (tertiary/aromatic N) is 3. The maximum atomic E-state index is 9.66. The van der Waals surface area contributed by atoms with E-state index in [9.17, 15) is 5.11 Å². The average Bonchev–Trinajstić information content (AvgIpc) is 2.94. The van der Waals surface area contributed by atoms with Crippen LogP contribution in [0.3, 0.4) is 0 Å². The highest BCUT2D eigenvalue weighted by molar-refractivity contribution is 5.80. The number of likely N-dealkylation sites (tertiary alicyclic amines) is 1. The van der Waals surface area contributed by atoms with E-state index < -0.39 is 0 Å². The molecule has 0 unspecified atom stereocenters. The second-order valence-corrected chi connectivity index (χ2v) is 5.85. The summed E-state index contributed by atoms with van der Waals surface area (Å²) in [6.07, 6.45) is 0.614. The number of guanidine groups is 1. The zero-order chi connectivity index (χ0) is 15.8. The molecule has 22 heavy (non-hydrogen) atoms. The van der Waals surface area contributed by atoms with Crippen LogP contribution in [-0.4, -0.2) is 66.7 Å². The fourth-order valence-corrected chi connectivity index (χ4v) is 2.66. The first-order valence-corrected chi connectivity index (χ1v) is 8.13. The van der Waals surface area contributed by atoms with Crippen LogP contribution in [0.25, 0.3) is 0 Å². The van der Waals surface area contributed by atoms with E-state index in [1.54, 1.807) is 0 Å². The van der Waals surface area contributed by atoms with Gasteiger partial charge in [-0.3, -0.25) is 4.99 Å². The Kier molecular flexibility index (Phi) is 6.68. The minimum absolute atomic E-state index is 0.218. The van der Waals surface area contributed by atoms with Crippen LogP contribution in [0, 0.1) is 0 Å². The predicted molar refractivity (Wildman–Crippen MR) is 91.0 cm³/mol. The van der Waals surface area contributed by atoms with E-state index in [2.05, 4.69) is 53.4 Å². The summed E-state index contributed by atoms with van der Waals surface area (Å²) in [4.78, 5) is 9.11. The molecule has 0 bridgehead atoms. The van der Waals surface area contributed by atoms with Gasteiger partial charge in [-0.05, 0) is 26.0 Å². The van der Waals surface area contributed by atoms with E-state index in [4.69, 9.17) is 4.99 Å². The third kappa shape index (κ3) is 5.31. The largest absolute Gasteiger partial charge is 0.391 e. The van der Waals surface area contributed by atoms with E-state index in [0.717, 1.165) is 45.1 Å². The van der Waals surface area contributed by atoms with Crippen LogP contribution in [0.1, 0.15) is 18.9 Å². The van der Waals surface area contributed by atoms with Crippen molar-refractivity contribution in [1.29, 1.82) is 0 Å². The van der Waals surface area contributed by atoms with Crippen LogP contribution in [0.2, 0.25) is 0 Å². The average molecular weight is 304 g/mol. The molecule has 1 aliphatic rings. The van der Waals surface area contributed by atoms with E-state index in [-0.39, 0.29) is 6.10 Å². The monoisotopic (exact) mass is 304 g/mol. The molecular weight excluding hydrogens is 276 g/mol. The van der Waals surface area contributed by atoms with E-state index in [1.165, 1.54) is 5.56 Å². The highest BCUT2D eigenvalue weighted by Gasteiger charge is 2.22. The molecule has 1 aromatic rings. The molecule has 0 aliphatic carbocycles. The number of hydrogen-bond donors (Lipinski definition) is 2. The Morgan fingerprint density at radius 2 is 2.18 bits per heavy atom. The first-order valence-electron chi connectivity index (χ1n) is 8.13. The number of likely N-dealkylation sites (N-methyl/N-ethyl adjacent to an activating group) is 1. The molecule has 1 aromatic carbocycles. The van der Waals surface area contributed by atoms with Crippen molar-refractivity contribution in [1.82, 2.24) is 15.1 Å². The number of aliphatic hydroxyl groups excluding tert-OH is 1. The van der Waals surface area contributed by atoms with Crippen LogP contribution >= 0.6 is 0 Å². The van der Waals surface area contributed by atoms with Gasteiger partial charge in [0.05, 0.1) is 12.6 Å². The number of hydrogen-bond acceptors (Lipinski definition) is 3. The summed E-state index contributed by atoms with van der Waals surface area (Å²) in [5.74, 6) is 0.923. The first-order chi connectivity index (χ1) is 10.7. The van der Waals surface area contributed by atoms with E-state index in [1.807, 2.05) is 6.07 Å². The topological polar surface area (TPSA) is 51.1 Å². The molecular formula is C17H28N4O. The molecule has 0 spiro atoms. The van der Waals surface area contributed by atoms with E-state index in [0.29, 0.717) is 6.54 Å². The van der Waals surface area contributed by atoms with Crippen molar-refractivity contribution < 1.29 is 5.11 Å². The van der Waals surface area contributed by atoms with Crippen LogP contribution < -0.4 is 5.32 Å². The standard InChI is InChI=1S/C17H28N4O/c1-3-18-17(21-11-9-16(22)14-21)19-10-12-20(2)13-15-7-5-4-6-8-15/h4-8,16,22H,3,9-14H2,1-2H3,(H,18,19)/t16-/m1/s1. The Labute approximate surface area is 133 Å². The highest BCUT2D eigenvalue weighted by atomic mass is 16.3. The van der Waals surface area contributed by atoms with Crippen molar-refractivity contribution in [2.45, 2.75) is 26.0 Å². The van der Waals surface area contributed by atoms with Crippen molar-refractivity contribution >= 4 is 5.96 Å². The first kappa shape index (κ1) is 16.8. The summed E-state index contributed by atoms with van der Waals surface area (Å²) in [7, 11) is 2.12. The molecule has 1 atom stereocenters. The van der Waals surface area contributed by atoms with Gasteiger partial charge in [-0.15, -0.1) is 0 Å². The summed E-state index contributed by atoms with van der Waals surface area (Å²) in [6.45, 7) is 7.11. The van der Waals surface area contributed by atoms with Gasteiger partial charge in [-0.2, -0.15) is 0 Å². The van der Waals surface area contributed by atoms with Crippen molar-refractivity contribution in [2.24, 2.45) is 4.99 Å². The van der Waals surface area contributed by atoms with Crippen LogP contribution in [0.15, 0.2) is 35.3 Å². The Morgan fingerprint density at radius 1 is 1.41 bits per heavy atom. The molecule has 1 fully saturated rings. The molecule has 1 aliphatic heterocycles. The number of benzene rings is 1. The number of rotatable bonds is 6. The normalized spacial score (nSPS) is 19.0. The third-order valence-corrected chi connectivity index (χ3v) is 3.84. The second kappa shape index (κ2) is 8.76. The minimum atomic E-state index is -0.218. The smallest absolute Gasteiger partial charge is 0.194 e. The van der Waals surface area contributed by atoms with Crippen molar-refractivity contribution in [3.8, 4) is 0 Å². The summed E-state index contributed by atoms with van der Waals surface area (Å²) >= 11 is 0. The van der Waals surface area contributed by atoms with Crippen LogP contribution in [-0.2, 0) is 6.54 Å². The lowest BCUT2D eigenvalue weighted by atomic mass is 10.2. The van der Waals surface area contributed by atoms with Gasteiger partial charge in [-0.25, -0.2) is 0 Å². The van der Waals surface area contributed by atoms with E-state index >= 15 is 0 Å². The molecule has 1 saturated heterocycles. The SMILES string of the molecule is CCNC(=NCCN(C)Cc1ccccc1)N1CC[C@@H](O)C1. The fourth-order valence-electron chi connectivity index (χ4n) is 2.66. The lowest BCUT2D eigenvalue weighted by molar-refractivity contribution is 0.187. The predicted octanol–water partition coefficient (Wildman–Crippen LogP) is 1.15. The Hall–Kier alpha value is -1.59. The maximum Gasteiger partial charge on any atom is 0.194 e. The molecule has 0 saturated carbocycles.